The molecule has 0 saturated heterocycles. The summed E-state index contributed by atoms with van der Waals surface area (Å²) in [6.07, 6.45) is 4.52. The lowest BCUT2D eigenvalue weighted by Gasteiger charge is -2.13. The van der Waals surface area contributed by atoms with E-state index in [-0.39, 0.29) is 5.56 Å². The number of nitrogen functional groups attached to an aromatic ring is 1. The van der Waals surface area contributed by atoms with Crippen molar-refractivity contribution in [2.24, 2.45) is 7.05 Å². The van der Waals surface area contributed by atoms with Crippen LogP contribution < -0.4 is 16.6 Å². The molecule has 0 aliphatic heterocycles. The molecular formula is C20H19FN4O. The van der Waals surface area contributed by atoms with Crippen LogP contribution in [0.5, 0.6) is 0 Å². The van der Waals surface area contributed by atoms with E-state index < -0.39 is 5.82 Å². The standard InChI is InChI=1S/C20H19FN4O/c1-24-10-13(9-22)12-3-5-15-16(7-12)18(11-25(2)20(15)26)17-8-14(23)4-6-19(17)21/h3-11,22,24H,23H2,1-2H3/b13-10+,22-9?. The molecule has 0 unspecified atom stereocenters. The highest BCUT2D eigenvalue weighted by molar-refractivity contribution is 6.10. The molecule has 0 fully saturated rings. The van der Waals surface area contributed by atoms with Gasteiger partial charge < -0.3 is 21.0 Å². The van der Waals surface area contributed by atoms with Crippen LogP contribution in [0.1, 0.15) is 5.56 Å². The number of aryl methyl sites for hydroxylation is 1. The maximum Gasteiger partial charge on any atom is 0.258 e. The average molecular weight is 350 g/mol. The second-order valence-electron chi connectivity index (χ2n) is 5.99. The van der Waals surface area contributed by atoms with Gasteiger partial charge >= 0.3 is 0 Å². The fraction of sp³-hybridized carbons (Fsp3) is 0.100. The minimum atomic E-state index is -0.414. The van der Waals surface area contributed by atoms with Crippen LogP contribution in [0.25, 0.3) is 27.5 Å². The van der Waals surface area contributed by atoms with Gasteiger partial charge in [0.05, 0.1) is 0 Å². The van der Waals surface area contributed by atoms with E-state index in [9.17, 15) is 9.18 Å². The number of pyridine rings is 1. The number of nitrogens with zero attached hydrogens (tertiary/aromatic N) is 1. The smallest absolute Gasteiger partial charge is 0.258 e. The van der Waals surface area contributed by atoms with Crippen molar-refractivity contribution in [3.63, 3.8) is 0 Å². The Kier molecular flexibility index (Phi) is 4.58. The van der Waals surface area contributed by atoms with Crippen LogP contribution >= 0.6 is 0 Å². The molecule has 0 spiro atoms. The zero-order valence-corrected chi connectivity index (χ0v) is 14.5. The number of nitrogens with two attached hydrogens (primary N) is 1. The summed E-state index contributed by atoms with van der Waals surface area (Å²) < 4.78 is 15.9. The van der Waals surface area contributed by atoms with Crippen LogP contribution in [0.4, 0.5) is 10.1 Å². The summed E-state index contributed by atoms with van der Waals surface area (Å²) in [4.78, 5) is 12.5. The molecular weight excluding hydrogens is 331 g/mol. The van der Waals surface area contributed by atoms with Gasteiger partial charge in [0.1, 0.15) is 5.82 Å². The highest BCUT2D eigenvalue weighted by atomic mass is 19.1. The van der Waals surface area contributed by atoms with E-state index in [4.69, 9.17) is 11.1 Å². The first kappa shape index (κ1) is 17.4. The molecule has 0 amide bonds. The minimum absolute atomic E-state index is 0.173. The Balaban J connectivity index is 2.40. The summed E-state index contributed by atoms with van der Waals surface area (Å²) in [5, 5.41) is 11.6. The van der Waals surface area contributed by atoms with Crippen molar-refractivity contribution in [3.8, 4) is 11.1 Å². The maximum absolute atomic E-state index is 14.5. The van der Waals surface area contributed by atoms with Gasteiger partial charge in [-0.3, -0.25) is 4.79 Å². The van der Waals surface area contributed by atoms with E-state index in [2.05, 4.69) is 5.32 Å². The number of benzene rings is 2. The van der Waals surface area contributed by atoms with Gasteiger partial charge in [-0.25, -0.2) is 4.39 Å². The molecule has 0 saturated carbocycles. The number of hydrogen-bond acceptors (Lipinski definition) is 4. The number of anilines is 1. The molecule has 5 nitrogen and oxygen atoms in total. The van der Waals surface area contributed by atoms with Crippen LogP contribution in [0.15, 0.2) is 53.6 Å². The normalized spacial score (nSPS) is 11.6. The lowest BCUT2D eigenvalue weighted by molar-refractivity contribution is 0.631. The van der Waals surface area contributed by atoms with E-state index in [1.54, 1.807) is 50.8 Å². The van der Waals surface area contributed by atoms with Gasteiger partial charge in [0.2, 0.25) is 0 Å². The van der Waals surface area contributed by atoms with E-state index >= 15 is 0 Å². The molecule has 1 heterocycles. The quantitative estimate of drug-likeness (QED) is 0.499. The Labute approximate surface area is 150 Å². The largest absolute Gasteiger partial charge is 0.399 e. The third-order valence-electron chi connectivity index (χ3n) is 4.25. The van der Waals surface area contributed by atoms with Gasteiger partial charge in [-0.05, 0) is 41.3 Å². The SMILES string of the molecule is CN/C=C(\C=N)c1ccc2c(=O)n(C)cc(-c3cc(N)ccc3F)c2c1. The molecule has 6 heteroatoms. The molecule has 4 N–H and O–H groups in total. The highest BCUT2D eigenvalue weighted by Crippen LogP contribution is 2.31. The van der Waals surface area contributed by atoms with Crippen molar-refractivity contribution in [1.29, 1.82) is 5.41 Å². The molecule has 0 bridgehead atoms. The Morgan fingerprint density at radius 3 is 2.65 bits per heavy atom. The summed E-state index contributed by atoms with van der Waals surface area (Å²) in [7, 11) is 3.38. The Morgan fingerprint density at radius 1 is 1.19 bits per heavy atom. The van der Waals surface area contributed by atoms with Crippen molar-refractivity contribution >= 4 is 28.2 Å². The fourth-order valence-electron chi connectivity index (χ4n) is 2.97. The number of halogens is 1. The summed E-state index contributed by atoms with van der Waals surface area (Å²) in [5.74, 6) is -0.414. The first-order valence-corrected chi connectivity index (χ1v) is 8.03. The van der Waals surface area contributed by atoms with Gasteiger partial charge in [0.15, 0.2) is 0 Å². The van der Waals surface area contributed by atoms with Gasteiger partial charge in [0, 0.05) is 60.5 Å². The molecule has 0 aliphatic carbocycles. The third-order valence-corrected chi connectivity index (χ3v) is 4.25. The monoisotopic (exact) mass is 350 g/mol. The Hall–Kier alpha value is -3.41. The highest BCUT2D eigenvalue weighted by Gasteiger charge is 2.14. The number of aromatic nitrogens is 1. The van der Waals surface area contributed by atoms with Gasteiger partial charge in [-0.1, -0.05) is 6.07 Å². The van der Waals surface area contributed by atoms with Crippen molar-refractivity contribution in [1.82, 2.24) is 9.88 Å². The summed E-state index contributed by atoms with van der Waals surface area (Å²) >= 11 is 0. The number of allylic oxidation sites excluding steroid dienone is 1. The molecule has 26 heavy (non-hydrogen) atoms. The molecule has 3 aromatic rings. The second kappa shape index (κ2) is 6.84. The Morgan fingerprint density at radius 2 is 1.96 bits per heavy atom. The van der Waals surface area contributed by atoms with Crippen LogP contribution in [-0.2, 0) is 7.05 Å². The lowest BCUT2D eigenvalue weighted by atomic mass is 9.96. The van der Waals surface area contributed by atoms with E-state index in [0.29, 0.717) is 33.2 Å². The number of nitrogens with one attached hydrogen (secondary N) is 2. The molecule has 3 rings (SSSR count). The topological polar surface area (TPSA) is 83.9 Å². The molecule has 0 atom stereocenters. The van der Waals surface area contributed by atoms with E-state index in [1.807, 2.05) is 0 Å². The molecule has 0 aliphatic rings. The summed E-state index contributed by atoms with van der Waals surface area (Å²) in [6.45, 7) is 0. The van der Waals surface area contributed by atoms with Crippen LogP contribution in [0.2, 0.25) is 0 Å². The summed E-state index contributed by atoms with van der Waals surface area (Å²) in [5.41, 5.74) is 8.40. The van der Waals surface area contributed by atoms with Crippen molar-refractivity contribution < 1.29 is 4.39 Å². The fourth-order valence-corrected chi connectivity index (χ4v) is 2.97. The number of rotatable bonds is 4. The van der Waals surface area contributed by atoms with Crippen LogP contribution in [-0.4, -0.2) is 17.8 Å². The molecule has 0 radical (unpaired) electrons. The zero-order chi connectivity index (χ0) is 18.8. The minimum Gasteiger partial charge on any atom is -0.399 e. The maximum atomic E-state index is 14.5. The van der Waals surface area contributed by atoms with E-state index in [0.717, 1.165) is 5.56 Å². The first-order chi connectivity index (χ1) is 12.5. The molecule has 132 valence electrons. The molecule has 1 aromatic heterocycles. The molecule has 2 aromatic carbocycles. The van der Waals surface area contributed by atoms with Crippen molar-refractivity contribution in [2.45, 2.75) is 0 Å². The van der Waals surface area contributed by atoms with Crippen molar-refractivity contribution in [3.05, 3.63) is 70.5 Å². The third kappa shape index (κ3) is 2.97. The van der Waals surface area contributed by atoms with Crippen LogP contribution in [0, 0.1) is 11.2 Å². The number of fused-ring (bicyclic) bond motifs is 1. The second-order valence-corrected chi connectivity index (χ2v) is 5.99. The summed E-state index contributed by atoms with van der Waals surface area (Å²) in [6, 6.07) is 9.64. The van der Waals surface area contributed by atoms with Crippen LogP contribution in [0.3, 0.4) is 0 Å². The predicted molar refractivity (Wildman–Crippen MR) is 105 cm³/mol. The lowest BCUT2D eigenvalue weighted by Crippen LogP contribution is -2.17. The van der Waals surface area contributed by atoms with Gasteiger partial charge in [-0.15, -0.1) is 0 Å². The first-order valence-electron chi connectivity index (χ1n) is 8.03. The van der Waals surface area contributed by atoms with Crippen molar-refractivity contribution in [2.75, 3.05) is 12.8 Å². The van der Waals surface area contributed by atoms with Gasteiger partial charge in [0.25, 0.3) is 5.56 Å². The van der Waals surface area contributed by atoms with E-state index in [1.165, 1.54) is 22.9 Å². The predicted octanol–water partition coefficient (Wildman–Crippen LogP) is 3.14. The number of hydrogen-bond donors (Lipinski definition) is 3. The van der Waals surface area contributed by atoms with Gasteiger partial charge in [-0.2, -0.15) is 0 Å². The Bertz CT molecular complexity index is 1100. The zero-order valence-electron chi connectivity index (χ0n) is 14.5. The average Bonchev–Trinajstić information content (AvgIpc) is 2.64.